The molecule has 0 aliphatic rings. The number of hydrogen-bond donors (Lipinski definition) is 2. The maximum Gasteiger partial charge on any atom is 0.282 e. The second kappa shape index (κ2) is 6.17. The zero-order valence-electron chi connectivity index (χ0n) is 13.9. The van der Waals surface area contributed by atoms with Gasteiger partial charge in [0.1, 0.15) is 11.3 Å². The standard InChI is InChI=1S/C19H13F2N5O/c20-10-7-12-16(5-6-24-17(12)14(21)8-10)26-9-13(18(27)25-19(22)23)11-3-1-2-4-15(11)26/h1-9H,(H4,22,23,25,27). The molecule has 134 valence electrons. The molecule has 4 N–H and O–H groups in total. The van der Waals surface area contributed by atoms with Crippen molar-refractivity contribution in [2.45, 2.75) is 0 Å². The molecular weight excluding hydrogens is 352 g/mol. The Hall–Kier alpha value is -3.81. The van der Waals surface area contributed by atoms with Crippen molar-refractivity contribution >= 4 is 33.7 Å². The van der Waals surface area contributed by atoms with E-state index in [1.54, 1.807) is 34.9 Å². The van der Waals surface area contributed by atoms with Gasteiger partial charge in [-0.3, -0.25) is 9.78 Å². The van der Waals surface area contributed by atoms with Crippen LogP contribution in [-0.4, -0.2) is 21.4 Å². The van der Waals surface area contributed by atoms with E-state index in [2.05, 4.69) is 9.98 Å². The number of guanidine groups is 1. The molecule has 2 aromatic carbocycles. The third kappa shape index (κ3) is 2.77. The highest BCUT2D eigenvalue weighted by atomic mass is 19.1. The summed E-state index contributed by atoms with van der Waals surface area (Å²) in [5.41, 5.74) is 12.0. The smallest absolute Gasteiger partial charge is 0.282 e. The quantitative estimate of drug-likeness (QED) is 0.421. The molecule has 4 aromatic rings. The number of aliphatic imine (C=N–C) groups is 1. The average Bonchev–Trinajstić information content (AvgIpc) is 3.00. The summed E-state index contributed by atoms with van der Waals surface area (Å²) in [7, 11) is 0. The van der Waals surface area contributed by atoms with Gasteiger partial charge >= 0.3 is 0 Å². The molecule has 0 spiro atoms. The number of carbonyl (C=O) groups excluding carboxylic acids is 1. The van der Waals surface area contributed by atoms with Gasteiger partial charge in [0.25, 0.3) is 5.91 Å². The second-order valence-electron chi connectivity index (χ2n) is 5.89. The molecule has 0 saturated carbocycles. The Kier molecular flexibility index (Phi) is 3.80. The maximum atomic E-state index is 14.1. The van der Waals surface area contributed by atoms with Crippen molar-refractivity contribution in [3.63, 3.8) is 0 Å². The highest BCUT2D eigenvalue weighted by Crippen LogP contribution is 2.30. The largest absolute Gasteiger partial charge is 0.370 e. The molecule has 0 radical (unpaired) electrons. The number of para-hydroxylation sites is 1. The van der Waals surface area contributed by atoms with Crippen LogP contribution in [0.4, 0.5) is 8.78 Å². The fraction of sp³-hybridized carbons (Fsp3) is 0. The molecule has 8 heteroatoms. The Labute approximate surface area is 151 Å². The van der Waals surface area contributed by atoms with Crippen LogP contribution in [0.15, 0.2) is 59.9 Å². The van der Waals surface area contributed by atoms with E-state index >= 15 is 0 Å². The summed E-state index contributed by atoms with van der Waals surface area (Å²) >= 11 is 0. The summed E-state index contributed by atoms with van der Waals surface area (Å²) in [6, 6.07) is 10.7. The number of halogens is 2. The molecule has 0 aliphatic carbocycles. The minimum Gasteiger partial charge on any atom is -0.370 e. The van der Waals surface area contributed by atoms with Crippen LogP contribution < -0.4 is 11.5 Å². The van der Waals surface area contributed by atoms with Gasteiger partial charge in [0.05, 0.1) is 16.8 Å². The van der Waals surface area contributed by atoms with Gasteiger partial charge in [0.2, 0.25) is 0 Å². The van der Waals surface area contributed by atoms with Gasteiger partial charge in [0.15, 0.2) is 11.8 Å². The predicted molar refractivity (Wildman–Crippen MR) is 98.6 cm³/mol. The number of nitrogens with zero attached hydrogens (tertiary/aromatic N) is 3. The molecule has 2 heterocycles. The van der Waals surface area contributed by atoms with Gasteiger partial charge in [-0.15, -0.1) is 0 Å². The summed E-state index contributed by atoms with van der Waals surface area (Å²) in [6.45, 7) is 0. The number of hydrogen-bond acceptors (Lipinski definition) is 2. The molecule has 0 unspecified atom stereocenters. The number of rotatable bonds is 2. The van der Waals surface area contributed by atoms with Crippen molar-refractivity contribution in [2.75, 3.05) is 0 Å². The maximum absolute atomic E-state index is 14.1. The van der Waals surface area contributed by atoms with Crippen molar-refractivity contribution in [2.24, 2.45) is 16.5 Å². The predicted octanol–water partition coefficient (Wildman–Crippen LogP) is 2.87. The Morgan fingerprint density at radius 2 is 1.85 bits per heavy atom. The SMILES string of the molecule is NC(N)=NC(=O)c1cn(-c2ccnc3c(F)cc(F)cc23)c2ccccc12. The first-order chi connectivity index (χ1) is 13.0. The molecule has 0 bridgehead atoms. The van der Waals surface area contributed by atoms with Gasteiger partial charge in [-0.05, 0) is 18.2 Å². The normalized spacial score (nSPS) is 11.0. The molecule has 0 atom stereocenters. The molecule has 2 aromatic heterocycles. The van der Waals surface area contributed by atoms with Crippen LogP contribution >= 0.6 is 0 Å². The van der Waals surface area contributed by atoms with Crippen molar-refractivity contribution in [3.05, 3.63) is 72.1 Å². The summed E-state index contributed by atoms with van der Waals surface area (Å²) < 4.78 is 29.6. The lowest BCUT2D eigenvalue weighted by atomic mass is 10.1. The van der Waals surface area contributed by atoms with E-state index in [9.17, 15) is 13.6 Å². The highest BCUT2D eigenvalue weighted by Gasteiger charge is 2.18. The summed E-state index contributed by atoms with van der Waals surface area (Å²) in [6.07, 6.45) is 2.96. The number of pyridine rings is 1. The topological polar surface area (TPSA) is 99.3 Å². The van der Waals surface area contributed by atoms with E-state index in [0.29, 0.717) is 16.6 Å². The van der Waals surface area contributed by atoms with Crippen LogP contribution in [0, 0.1) is 11.6 Å². The van der Waals surface area contributed by atoms with Crippen LogP contribution in [-0.2, 0) is 0 Å². The number of aromatic nitrogens is 2. The first-order valence-corrected chi connectivity index (χ1v) is 7.94. The summed E-state index contributed by atoms with van der Waals surface area (Å²) in [5, 5.41) is 0.880. The Morgan fingerprint density at radius 3 is 2.63 bits per heavy atom. The molecule has 0 aliphatic heterocycles. The van der Waals surface area contributed by atoms with Gasteiger partial charge in [0, 0.05) is 29.2 Å². The van der Waals surface area contributed by atoms with Gasteiger partial charge in [-0.25, -0.2) is 8.78 Å². The minimum atomic E-state index is -0.764. The highest BCUT2D eigenvalue weighted by molar-refractivity contribution is 6.11. The van der Waals surface area contributed by atoms with Crippen molar-refractivity contribution < 1.29 is 13.6 Å². The Balaban J connectivity index is 2.05. The zero-order chi connectivity index (χ0) is 19.1. The number of benzene rings is 2. The number of carbonyl (C=O) groups is 1. The molecule has 4 rings (SSSR count). The summed E-state index contributed by atoms with van der Waals surface area (Å²) in [5.74, 6) is -2.45. The zero-order valence-corrected chi connectivity index (χ0v) is 13.9. The fourth-order valence-electron chi connectivity index (χ4n) is 3.10. The lowest BCUT2D eigenvalue weighted by Gasteiger charge is -2.09. The molecule has 0 saturated heterocycles. The van der Waals surface area contributed by atoms with Gasteiger partial charge < -0.3 is 16.0 Å². The first kappa shape index (κ1) is 16.6. The third-order valence-electron chi connectivity index (χ3n) is 4.17. The molecular formula is C19H13F2N5O. The number of nitrogens with two attached hydrogens (primary N) is 2. The van der Waals surface area contributed by atoms with Crippen LogP contribution in [0.1, 0.15) is 10.4 Å². The lowest BCUT2D eigenvalue weighted by Crippen LogP contribution is -2.24. The van der Waals surface area contributed by atoms with E-state index in [1.165, 1.54) is 18.5 Å². The molecule has 0 fully saturated rings. The Bertz CT molecular complexity index is 1240. The Morgan fingerprint density at radius 1 is 1.07 bits per heavy atom. The number of amides is 1. The summed E-state index contributed by atoms with van der Waals surface area (Å²) in [4.78, 5) is 20.0. The van der Waals surface area contributed by atoms with Crippen LogP contribution in [0.5, 0.6) is 0 Å². The first-order valence-electron chi connectivity index (χ1n) is 7.94. The van der Waals surface area contributed by atoms with E-state index in [1.807, 2.05) is 0 Å². The van der Waals surface area contributed by atoms with E-state index in [-0.39, 0.29) is 22.4 Å². The van der Waals surface area contributed by atoms with Crippen LogP contribution in [0.25, 0.3) is 27.5 Å². The van der Waals surface area contributed by atoms with Gasteiger partial charge in [-0.2, -0.15) is 4.99 Å². The van der Waals surface area contributed by atoms with Crippen molar-refractivity contribution in [1.82, 2.24) is 9.55 Å². The molecule has 27 heavy (non-hydrogen) atoms. The average molecular weight is 365 g/mol. The lowest BCUT2D eigenvalue weighted by molar-refractivity contribution is 0.100. The molecule has 1 amide bonds. The minimum absolute atomic E-state index is 0.0313. The van der Waals surface area contributed by atoms with Crippen LogP contribution in [0.2, 0.25) is 0 Å². The van der Waals surface area contributed by atoms with Crippen molar-refractivity contribution in [3.8, 4) is 5.69 Å². The van der Waals surface area contributed by atoms with Gasteiger partial charge in [-0.1, -0.05) is 18.2 Å². The number of fused-ring (bicyclic) bond motifs is 2. The second-order valence-corrected chi connectivity index (χ2v) is 5.89. The monoisotopic (exact) mass is 365 g/mol. The van der Waals surface area contributed by atoms with Crippen LogP contribution in [0.3, 0.4) is 0 Å². The fourth-order valence-corrected chi connectivity index (χ4v) is 3.10. The van der Waals surface area contributed by atoms with Crippen molar-refractivity contribution in [1.29, 1.82) is 0 Å². The van der Waals surface area contributed by atoms with E-state index in [0.717, 1.165) is 6.07 Å². The van der Waals surface area contributed by atoms with E-state index in [4.69, 9.17) is 11.5 Å². The van der Waals surface area contributed by atoms with E-state index < -0.39 is 17.5 Å². The molecule has 6 nitrogen and oxygen atoms in total. The third-order valence-corrected chi connectivity index (χ3v) is 4.17.